The maximum atomic E-state index is 11.7. The summed E-state index contributed by atoms with van der Waals surface area (Å²) in [5.41, 5.74) is 3.44. The van der Waals surface area contributed by atoms with Crippen LogP contribution in [0.15, 0.2) is 91.0 Å². The normalized spacial score (nSPS) is 9.87. The van der Waals surface area contributed by atoms with Gasteiger partial charge in [-0.1, -0.05) is 96.6 Å². The minimum absolute atomic E-state index is 0.137. The van der Waals surface area contributed by atoms with Gasteiger partial charge in [0.2, 0.25) is 0 Å². The summed E-state index contributed by atoms with van der Waals surface area (Å²) in [4.78, 5) is 11.7. The number of rotatable bonds is 3. The fourth-order valence-corrected chi connectivity index (χ4v) is 2.49. The van der Waals surface area contributed by atoms with Crippen LogP contribution in [-0.4, -0.2) is 5.78 Å². The monoisotopic (exact) mass is 302 g/mol. The van der Waals surface area contributed by atoms with Crippen LogP contribution in [0.4, 0.5) is 0 Å². The third kappa shape index (κ3) is 5.23. The number of carbonyl (C=O) groups excluding carboxylic acids is 1. The van der Waals surface area contributed by atoms with Crippen LogP contribution in [-0.2, 0) is 4.79 Å². The van der Waals surface area contributed by atoms with Gasteiger partial charge in [-0.25, -0.2) is 0 Å². The summed E-state index contributed by atoms with van der Waals surface area (Å²) >= 11 is 0. The van der Waals surface area contributed by atoms with E-state index in [0.717, 1.165) is 11.1 Å². The van der Waals surface area contributed by atoms with E-state index in [1.807, 2.05) is 78.9 Å². The van der Waals surface area contributed by atoms with E-state index in [1.54, 1.807) is 6.92 Å². The van der Waals surface area contributed by atoms with Gasteiger partial charge in [0.15, 0.2) is 0 Å². The van der Waals surface area contributed by atoms with Crippen molar-refractivity contribution >= 4 is 5.78 Å². The zero-order valence-electron chi connectivity index (χ0n) is 13.6. The molecule has 0 aliphatic heterocycles. The first-order valence-electron chi connectivity index (χ1n) is 7.80. The summed E-state index contributed by atoms with van der Waals surface area (Å²) < 4.78 is 0. The second-order valence-corrected chi connectivity index (χ2v) is 5.52. The molecule has 0 spiro atoms. The van der Waals surface area contributed by atoms with Crippen LogP contribution < -0.4 is 0 Å². The number of hydrogen-bond acceptors (Lipinski definition) is 1. The molecule has 0 aliphatic carbocycles. The summed E-state index contributed by atoms with van der Waals surface area (Å²) in [5.74, 6) is 0.0415. The molecular weight excluding hydrogens is 280 g/mol. The molecule has 116 valence electrons. The van der Waals surface area contributed by atoms with Crippen molar-refractivity contribution in [3.63, 3.8) is 0 Å². The standard InChI is InChI=1S/C15H14O.C7H8/c1-12(16)15(13-8-4-2-5-9-13)14-10-6-3-7-11-14;1-7-5-3-2-4-6-7/h2-11,15H,1H3;2-6H,1H3. The summed E-state index contributed by atoms with van der Waals surface area (Å²) in [6.45, 7) is 3.73. The number of carbonyl (C=O) groups is 1. The van der Waals surface area contributed by atoms with Crippen molar-refractivity contribution in [1.29, 1.82) is 0 Å². The molecule has 0 radical (unpaired) electrons. The van der Waals surface area contributed by atoms with Gasteiger partial charge in [0.05, 0.1) is 5.92 Å². The van der Waals surface area contributed by atoms with Crippen LogP contribution in [0.1, 0.15) is 29.5 Å². The van der Waals surface area contributed by atoms with Crippen molar-refractivity contribution in [2.45, 2.75) is 19.8 Å². The van der Waals surface area contributed by atoms with E-state index < -0.39 is 0 Å². The fourth-order valence-electron chi connectivity index (χ4n) is 2.49. The smallest absolute Gasteiger partial charge is 0.141 e. The molecule has 23 heavy (non-hydrogen) atoms. The summed E-state index contributed by atoms with van der Waals surface area (Å²) in [6.07, 6.45) is 0. The van der Waals surface area contributed by atoms with Crippen LogP contribution >= 0.6 is 0 Å². The van der Waals surface area contributed by atoms with Gasteiger partial charge in [0.25, 0.3) is 0 Å². The van der Waals surface area contributed by atoms with Crippen molar-refractivity contribution in [3.05, 3.63) is 108 Å². The van der Waals surface area contributed by atoms with Gasteiger partial charge in [-0.05, 0) is 25.0 Å². The summed E-state index contributed by atoms with van der Waals surface area (Å²) in [5, 5.41) is 0. The second kappa shape index (κ2) is 8.70. The van der Waals surface area contributed by atoms with Crippen LogP contribution in [0, 0.1) is 6.92 Å². The molecule has 3 rings (SSSR count). The van der Waals surface area contributed by atoms with E-state index in [1.165, 1.54) is 5.56 Å². The lowest BCUT2D eigenvalue weighted by Gasteiger charge is -2.14. The van der Waals surface area contributed by atoms with Crippen LogP contribution in [0.2, 0.25) is 0 Å². The van der Waals surface area contributed by atoms with E-state index in [9.17, 15) is 4.79 Å². The third-order valence-electron chi connectivity index (χ3n) is 3.61. The van der Waals surface area contributed by atoms with Crippen LogP contribution in [0.3, 0.4) is 0 Å². The number of aryl methyl sites for hydroxylation is 1. The highest BCUT2D eigenvalue weighted by molar-refractivity contribution is 5.86. The van der Waals surface area contributed by atoms with Gasteiger partial charge < -0.3 is 0 Å². The molecular formula is C22H22O. The molecule has 1 heteroatoms. The minimum Gasteiger partial charge on any atom is -0.299 e. The molecule has 3 aromatic rings. The Morgan fingerprint density at radius 1 is 0.652 bits per heavy atom. The molecule has 0 heterocycles. The Balaban J connectivity index is 0.000000229. The predicted molar refractivity (Wildman–Crippen MR) is 96.6 cm³/mol. The summed E-state index contributed by atoms with van der Waals surface area (Å²) in [6, 6.07) is 30.1. The summed E-state index contributed by atoms with van der Waals surface area (Å²) in [7, 11) is 0. The maximum absolute atomic E-state index is 11.7. The SMILES string of the molecule is CC(=O)C(c1ccccc1)c1ccccc1.Cc1ccccc1. The molecule has 0 bridgehead atoms. The van der Waals surface area contributed by atoms with Gasteiger partial charge in [0, 0.05) is 0 Å². The Morgan fingerprint density at radius 3 is 1.26 bits per heavy atom. The van der Waals surface area contributed by atoms with Gasteiger partial charge >= 0.3 is 0 Å². The van der Waals surface area contributed by atoms with Gasteiger partial charge in [-0.3, -0.25) is 4.79 Å². The van der Waals surface area contributed by atoms with Crippen LogP contribution in [0.25, 0.3) is 0 Å². The Morgan fingerprint density at radius 2 is 1.00 bits per heavy atom. The molecule has 0 atom stereocenters. The first-order valence-corrected chi connectivity index (χ1v) is 7.80. The van der Waals surface area contributed by atoms with E-state index in [4.69, 9.17) is 0 Å². The highest BCUT2D eigenvalue weighted by atomic mass is 16.1. The molecule has 3 aromatic carbocycles. The zero-order chi connectivity index (χ0) is 16.5. The quantitative estimate of drug-likeness (QED) is 0.633. The average molecular weight is 302 g/mol. The largest absolute Gasteiger partial charge is 0.299 e. The molecule has 0 fully saturated rings. The molecule has 0 saturated carbocycles. The van der Waals surface area contributed by atoms with E-state index in [2.05, 4.69) is 19.1 Å². The number of ketones is 1. The lowest BCUT2D eigenvalue weighted by atomic mass is 9.88. The van der Waals surface area contributed by atoms with Crippen molar-refractivity contribution < 1.29 is 4.79 Å². The lowest BCUT2D eigenvalue weighted by molar-refractivity contribution is -0.117. The number of benzene rings is 3. The minimum atomic E-state index is -0.137. The van der Waals surface area contributed by atoms with Crippen molar-refractivity contribution in [2.75, 3.05) is 0 Å². The average Bonchev–Trinajstić information content (AvgIpc) is 2.58. The van der Waals surface area contributed by atoms with Gasteiger partial charge in [-0.2, -0.15) is 0 Å². The molecule has 0 saturated heterocycles. The first-order chi connectivity index (χ1) is 11.2. The van der Waals surface area contributed by atoms with E-state index >= 15 is 0 Å². The van der Waals surface area contributed by atoms with E-state index in [0.29, 0.717) is 0 Å². The highest BCUT2D eigenvalue weighted by Crippen LogP contribution is 2.24. The number of Topliss-reactive ketones (excluding diaryl/α,β-unsaturated/α-hetero) is 1. The second-order valence-electron chi connectivity index (χ2n) is 5.52. The van der Waals surface area contributed by atoms with E-state index in [-0.39, 0.29) is 11.7 Å². The van der Waals surface area contributed by atoms with Gasteiger partial charge in [0.1, 0.15) is 5.78 Å². The lowest BCUT2D eigenvalue weighted by Crippen LogP contribution is -2.10. The first kappa shape index (κ1) is 16.7. The number of hydrogen-bond donors (Lipinski definition) is 0. The predicted octanol–water partition coefficient (Wildman–Crippen LogP) is 5.40. The van der Waals surface area contributed by atoms with Crippen LogP contribution in [0.5, 0.6) is 0 Å². The molecule has 0 aliphatic rings. The Kier molecular flexibility index (Phi) is 6.31. The maximum Gasteiger partial charge on any atom is 0.141 e. The molecule has 0 aromatic heterocycles. The molecule has 0 N–H and O–H groups in total. The highest BCUT2D eigenvalue weighted by Gasteiger charge is 2.17. The molecule has 0 unspecified atom stereocenters. The molecule has 1 nitrogen and oxygen atoms in total. The zero-order valence-corrected chi connectivity index (χ0v) is 13.6. The fraction of sp³-hybridized carbons (Fsp3) is 0.136. The Hall–Kier alpha value is -2.67. The Bertz CT molecular complexity index is 663. The topological polar surface area (TPSA) is 17.1 Å². The van der Waals surface area contributed by atoms with Crippen molar-refractivity contribution in [1.82, 2.24) is 0 Å². The van der Waals surface area contributed by atoms with Crippen molar-refractivity contribution in [2.24, 2.45) is 0 Å². The molecule has 0 amide bonds. The third-order valence-corrected chi connectivity index (χ3v) is 3.61. The van der Waals surface area contributed by atoms with Gasteiger partial charge in [-0.15, -0.1) is 0 Å². The Labute approximate surface area is 138 Å². The van der Waals surface area contributed by atoms with Crippen molar-refractivity contribution in [3.8, 4) is 0 Å².